The van der Waals surface area contributed by atoms with Gasteiger partial charge in [-0.15, -0.1) is 0 Å². The lowest BCUT2D eigenvalue weighted by molar-refractivity contribution is -0.691. The Kier molecular flexibility index (Phi) is 2.08. The summed E-state index contributed by atoms with van der Waals surface area (Å²) in [5, 5.41) is 0. The molecule has 0 atom stereocenters. The van der Waals surface area contributed by atoms with Crippen molar-refractivity contribution in [2.24, 2.45) is 7.05 Å². The second-order valence-corrected chi connectivity index (χ2v) is 2.70. The zero-order valence-electron chi connectivity index (χ0n) is 6.81. The summed E-state index contributed by atoms with van der Waals surface area (Å²) in [7, 11) is 1.38. The predicted octanol–water partition coefficient (Wildman–Crippen LogP) is 1.84. The molecule has 1 rings (SSSR count). The van der Waals surface area contributed by atoms with Gasteiger partial charge >= 0.3 is 6.18 Å². The van der Waals surface area contributed by atoms with Crippen LogP contribution in [0.3, 0.4) is 0 Å². The fraction of sp³-hybridized carbons (Fsp3) is 0.375. The van der Waals surface area contributed by atoms with E-state index in [1.54, 1.807) is 6.92 Å². The van der Waals surface area contributed by atoms with Gasteiger partial charge in [-0.3, -0.25) is 0 Å². The van der Waals surface area contributed by atoms with E-state index in [0.717, 1.165) is 16.2 Å². The van der Waals surface area contributed by atoms with Crippen LogP contribution in [0, 0.1) is 6.92 Å². The number of nitrogens with zero attached hydrogens (tertiary/aromatic N) is 1. The molecule has 0 saturated carbocycles. The summed E-state index contributed by atoms with van der Waals surface area (Å²) in [6.07, 6.45) is -2.81. The number of aromatic nitrogens is 1. The molecule has 0 fully saturated rings. The van der Waals surface area contributed by atoms with Crippen molar-refractivity contribution in [2.45, 2.75) is 13.1 Å². The largest absolute Gasteiger partial charge is 0.477 e. The van der Waals surface area contributed by atoms with Gasteiger partial charge < -0.3 is 0 Å². The van der Waals surface area contributed by atoms with Crippen LogP contribution < -0.4 is 4.57 Å². The topological polar surface area (TPSA) is 3.88 Å². The van der Waals surface area contributed by atoms with Crippen LogP contribution in [0.1, 0.15) is 11.3 Å². The number of hydrogen-bond acceptors (Lipinski definition) is 0. The van der Waals surface area contributed by atoms with E-state index in [2.05, 4.69) is 0 Å². The van der Waals surface area contributed by atoms with Gasteiger partial charge in [0.1, 0.15) is 7.05 Å². The molecule has 1 nitrogen and oxygen atoms in total. The highest BCUT2D eigenvalue weighted by molar-refractivity contribution is 5.08. The third kappa shape index (κ3) is 1.75. The van der Waals surface area contributed by atoms with E-state index in [1.165, 1.54) is 19.3 Å². The average molecular weight is 176 g/mol. The molecule has 1 heterocycles. The van der Waals surface area contributed by atoms with Crippen molar-refractivity contribution < 1.29 is 17.7 Å². The number of pyridine rings is 1. The molecule has 0 aliphatic heterocycles. The average Bonchev–Trinajstić information content (AvgIpc) is 1.83. The Balaban J connectivity index is 3.19. The van der Waals surface area contributed by atoms with Crippen molar-refractivity contribution in [3.8, 4) is 0 Å². The van der Waals surface area contributed by atoms with Crippen LogP contribution in [0.25, 0.3) is 0 Å². The molecular weight excluding hydrogens is 167 g/mol. The van der Waals surface area contributed by atoms with E-state index >= 15 is 0 Å². The molecule has 0 aliphatic rings. The van der Waals surface area contributed by atoms with Gasteiger partial charge in [-0.05, 0) is 13.0 Å². The first-order chi connectivity index (χ1) is 5.41. The summed E-state index contributed by atoms with van der Waals surface area (Å²) in [5.41, 5.74) is 0.179. The lowest BCUT2D eigenvalue weighted by Gasteiger charge is -2.03. The van der Waals surface area contributed by atoms with Crippen LogP contribution in [0.15, 0.2) is 18.3 Å². The van der Waals surface area contributed by atoms with E-state index in [0.29, 0.717) is 0 Å². The van der Waals surface area contributed by atoms with Crippen LogP contribution in [0.2, 0.25) is 0 Å². The van der Waals surface area contributed by atoms with Gasteiger partial charge in [-0.2, -0.15) is 17.7 Å². The van der Waals surface area contributed by atoms with Crippen molar-refractivity contribution >= 4 is 0 Å². The second-order valence-electron chi connectivity index (χ2n) is 2.70. The van der Waals surface area contributed by atoms with Crippen LogP contribution >= 0.6 is 0 Å². The number of halogens is 3. The summed E-state index contributed by atoms with van der Waals surface area (Å²) in [6, 6.07) is 2.53. The second kappa shape index (κ2) is 2.77. The first-order valence-corrected chi connectivity index (χ1v) is 3.45. The summed E-state index contributed by atoms with van der Waals surface area (Å²) in [6.45, 7) is 1.75. The number of rotatable bonds is 0. The van der Waals surface area contributed by atoms with Crippen LogP contribution in [0.5, 0.6) is 0 Å². The lowest BCUT2D eigenvalue weighted by atomic mass is 10.2. The summed E-state index contributed by atoms with van der Waals surface area (Å²) < 4.78 is 37.6. The monoisotopic (exact) mass is 176 g/mol. The summed E-state index contributed by atoms with van der Waals surface area (Å²) in [4.78, 5) is 0. The number of aryl methyl sites for hydroxylation is 2. The molecule has 0 aromatic carbocycles. The minimum Gasteiger partial charge on any atom is -0.197 e. The standard InChI is InChI=1S/C8H9F3N/c1-6-3-4-7(8(9,10)11)12(2)5-6/h3-5H,1-2H3/q+1. The summed E-state index contributed by atoms with van der Waals surface area (Å²) in [5.74, 6) is 0. The molecular formula is C8H9F3N+. The van der Waals surface area contributed by atoms with Crippen molar-refractivity contribution in [2.75, 3.05) is 0 Å². The Labute approximate surface area is 68.5 Å². The van der Waals surface area contributed by atoms with E-state index < -0.39 is 11.9 Å². The zero-order chi connectivity index (χ0) is 9.35. The maximum atomic E-state index is 12.2. The SMILES string of the molecule is Cc1ccc(C(F)(F)F)[n+](C)c1. The predicted molar refractivity (Wildman–Crippen MR) is 37.4 cm³/mol. The Hall–Kier alpha value is -1.06. The van der Waals surface area contributed by atoms with Gasteiger partial charge in [-0.1, -0.05) is 0 Å². The highest BCUT2D eigenvalue weighted by Crippen LogP contribution is 2.25. The normalized spacial score (nSPS) is 11.8. The zero-order valence-corrected chi connectivity index (χ0v) is 6.81. The molecule has 0 aliphatic carbocycles. The molecule has 0 spiro atoms. The smallest absolute Gasteiger partial charge is 0.197 e. The molecule has 0 unspecified atom stereocenters. The highest BCUT2D eigenvalue weighted by atomic mass is 19.4. The van der Waals surface area contributed by atoms with E-state index in [1.807, 2.05) is 0 Å². The van der Waals surface area contributed by atoms with Crippen LogP contribution in [-0.2, 0) is 13.2 Å². The van der Waals surface area contributed by atoms with Crippen molar-refractivity contribution in [3.05, 3.63) is 29.6 Å². The Bertz CT molecular complexity index is 291. The maximum Gasteiger partial charge on any atom is 0.477 e. The molecule has 12 heavy (non-hydrogen) atoms. The Morgan fingerprint density at radius 2 is 1.83 bits per heavy atom. The lowest BCUT2D eigenvalue weighted by Crippen LogP contribution is -2.37. The molecule has 4 heteroatoms. The Morgan fingerprint density at radius 3 is 2.25 bits per heavy atom. The molecule has 0 bridgehead atoms. The van der Waals surface area contributed by atoms with Crippen molar-refractivity contribution in [1.29, 1.82) is 0 Å². The highest BCUT2D eigenvalue weighted by Gasteiger charge is 2.39. The van der Waals surface area contributed by atoms with Gasteiger partial charge in [0, 0.05) is 11.6 Å². The van der Waals surface area contributed by atoms with Crippen molar-refractivity contribution in [1.82, 2.24) is 0 Å². The molecule has 0 saturated heterocycles. The van der Waals surface area contributed by atoms with E-state index in [4.69, 9.17) is 0 Å². The van der Waals surface area contributed by atoms with E-state index in [9.17, 15) is 13.2 Å². The molecule has 66 valence electrons. The number of alkyl halides is 3. The van der Waals surface area contributed by atoms with Gasteiger partial charge in [-0.25, -0.2) is 0 Å². The molecule has 1 aromatic rings. The van der Waals surface area contributed by atoms with Gasteiger partial charge in [0.2, 0.25) is 0 Å². The Morgan fingerprint density at radius 1 is 1.25 bits per heavy atom. The molecule has 0 N–H and O–H groups in total. The fourth-order valence-corrected chi connectivity index (χ4v) is 1.04. The molecule has 1 aromatic heterocycles. The molecule has 0 radical (unpaired) electrons. The fourth-order valence-electron chi connectivity index (χ4n) is 1.04. The third-order valence-electron chi connectivity index (χ3n) is 1.57. The van der Waals surface area contributed by atoms with Gasteiger partial charge in [0.05, 0.1) is 0 Å². The first-order valence-electron chi connectivity index (χ1n) is 3.45. The minimum absolute atomic E-state index is 0.631. The first kappa shape index (κ1) is 9.03. The minimum atomic E-state index is -4.26. The number of hydrogen-bond donors (Lipinski definition) is 0. The van der Waals surface area contributed by atoms with E-state index in [-0.39, 0.29) is 0 Å². The quantitative estimate of drug-likeness (QED) is 0.531. The van der Waals surface area contributed by atoms with Crippen LogP contribution in [0.4, 0.5) is 13.2 Å². The van der Waals surface area contributed by atoms with Gasteiger partial charge in [0.15, 0.2) is 6.20 Å². The van der Waals surface area contributed by atoms with Gasteiger partial charge in [0.25, 0.3) is 5.69 Å². The summed E-state index contributed by atoms with van der Waals surface area (Å²) >= 11 is 0. The van der Waals surface area contributed by atoms with Crippen molar-refractivity contribution in [3.63, 3.8) is 0 Å². The third-order valence-corrected chi connectivity index (χ3v) is 1.57. The van der Waals surface area contributed by atoms with Crippen LogP contribution in [-0.4, -0.2) is 0 Å². The maximum absolute atomic E-state index is 12.2. The molecule has 0 amide bonds.